The molecule has 4 rings (SSSR count). The molecule has 1 saturated heterocycles. The van der Waals surface area contributed by atoms with Crippen molar-refractivity contribution in [2.24, 2.45) is 5.92 Å². The highest BCUT2D eigenvalue weighted by molar-refractivity contribution is 6.09. The summed E-state index contributed by atoms with van der Waals surface area (Å²) in [6.07, 6.45) is 4.77. The Morgan fingerprint density at radius 3 is 2.30 bits per heavy atom. The maximum absolute atomic E-state index is 13.0. The van der Waals surface area contributed by atoms with Crippen molar-refractivity contribution in [3.05, 3.63) is 16.7 Å². The zero-order valence-electron chi connectivity index (χ0n) is 18.3. The molecule has 6 nitrogen and oxygen atoms in total. The third-order valence-electron chi connectivity index (χ3n) is 6.85. The number of ketones is 2. The van der Waals surface area contributed by atoms with Gasteiger partial charge in [-0.15, -0.1) is 0 Å². The van der Waals surface area contributed by atoms with Crippen LogP contribution in [0.15, 0.2) is 0 Å². The molecule has 2 aliphatic heterocycles. The molecule has 0 unspecified atom stereocenters. The molecular formula is C24H32O6. The van der Waals surface area contributed by atoms with Crippen LogP contribution in [0.2, 0.25) is 0 Å². The number of carbonyl (C=O) groups excluding carboxylic acids is 2. The van der Waals surface area contributed by atoms with Gasteiger partial charge >= 0.3 is 0 Å². The van der Waals surface area contributed by atoms with Gasteiger partial charge in [-0.3, -0.25) is 9.59 Å². The summed E-state index contributed by atoms with van der Waals surface area (Å²) < 4.78 is 12.8. The molecule has 30 heavy (non-hydrogen) atoms. The van der Waals surface area contributed by atoms with Gasteiger partial charge in [-0.1, -0.05) is 13.8 Å². The first-order valence-corrected chi connectivity index (χ1v) is 11.2. The van der Waals surface area contributed by atoms with Gasteiger partial charge < -0.3 is 19.7 Å². The first-order valence-electron chi connectivity index (χ1n) is 11.2. The van der Waals surface area contributed by atoms with E-state index in [0.29, 0.717) is 24.8 Å². The van der Waals surface area contributed by atoms with Gasteiger partial charge in [0.1, 0.15) is 28.4 Å². The zero-order valence-corrected chi connectivity index (χ0v) is 18.3. The molecule has 2 fully saturated rings. The van der Waals surface area contributed by atoms with Crippen molar-refractivity contribution in [1.29, 1.82) is 0 Å². The number of phenolic OH excluding ortho intramolecular Hbond substituents is 2. The van der Waals surface area contributed by atoms with E-state index in [1.54, 1.807) is 0 Å². The lowest BCUT2D eigenvalue weighted by atomic mass is 9.67. The van der Waals surface area contributed by atoms with E-state index in [1.165, 1.54) is 0 Å². The van der Waals surface area contributed by atoms with E-state index in [4.69, 9.17) is 9.47 Å². The fourth-order valence-corrected chi connectivity index (χ4v) is 5.79. The second-order valence-corrected chi connectivity index (χ2v) is 9.62. The quantitative estimate of drug-likeness (QED) is 0.617. The van der Waals surface area contributed by atoms with Crippen molar-refractivity contribution in [2.45, 2.75) is 96.4 Å². The van der Waals surface area contributed by atoms with Crippen LogP contribution < -0.4 is 4.74 Å². The molecule has 0 amide bonds. The van der Waals surface area contributed by atoms with Gasteiger partial charge in [0.2, 0.25) is 5.79 Å². The molecule has 6 heteroatoms. The molecule has 1 aromatic carbocycles. The van der Waals surface area contributed by atoms with Crippen molar-refractivity contribution in [3.63, 3.8) is 0 Å². The SMILES string of the molecule is CCCC(=O)c1c(O)c(C(=O)CCC)c2c(c1O)[C@H]1CCC[C@]3(O2)OC(C)(C)C[C@@H]13. The Kier molecular flexibility index (Phi) is 5.12. The minimum absolute atomic E-state index is 0.0298. The normalized spacial score (nSPS) is 28.4. The van der Waals surface area contributed by atoms with Crippen LogP contribution in [0.4, 0.5) is 0 Å². The molecule has 2 bridgehead atoms. The molecule has 0 radical (unpaired) electrons. The average molecular weight is 417 g/mol. The first-order chi connectivity index (χ1) is 14.2. The summed E-state index contributed by atoms with van der Waals surface area (Å²) in [5, 5.41) is 22.2. The molecule has 0 aromatic heterocycles. The summed E-state index contributed by atoms with van der Waals surface area (Å²) in [5.74, 6) is -1.98. The van der Waals surface area contributed by atoms with Crippen molar-refractivity contribution >= 4 is 11.6 Å². The first kappa shape index (κ1) is 21.2. The summed E-state index contributed by atoms with van der Waals surface area (Å²) in [7, 11) is 0. The summed E-state index contributed by atoms with van der Waals surface area (Å²) >= 11 is 0. The summed E-state index contributed by atoms with van der Waals surface area (Å²) in [4.78, 5) is 25.9. The Morgan fingerprint density at radius 1 is 1.03 bits per heavy atom. The molecule has 1 aliphatic carbocycles. The fourth-order valence-electron chi connectivity index (χ4n) is 5.79. The van der Waals surface area contributed by atoms with E-state index in [1.807, 2.05) is 27.7 Å². The van der Waals surface area contributed by atoms with Crippen molar-refractivity contribution < 1.29 is 29.3 Å². The molecule has 1 saturated carbocycles. The smallest absolute Gasteiger partial charge is 0.214 e. The highest BCUT2D eigenvalue weighted by Crippen LogP contribution is 2.64. The zero-order chi connectivity index (χ0) is 21.8. The minimum atomic E-state index is -0.853. The molecule has 0 spiro atoms. The molecule has 1 aromatic rings. The number of fused-ring (bicyclic) bond motifs is 2. The van der Waals surface area contributed by atoms with E-state index in [0.717, 1.165) is 19.3 Å². The van der Waals surface area contributed by atoms with Gasteiger partial charge in [0, 0.05) is 36.7 Å². The third-order valence-corrected chi connectivity index (χ3v) is 6.85. The molecule has 2 heterocycles. The van der Waals surface area contributed by atoms with Gasteiger partial charge in [0.05, 0.1) is 5.60 Å². The Labute approximate surface area is 177 Å². The van der Waals surface area contributed by atoms with Crippen LogP contribution in [-0.4, -0.2) is 33.2 Å². The fraction of sp³-hybridized carbons (Fsp3) is 0.667. The van der Waals surface area contributed by atoms with Crippen LogP contribution in [-0.2, 0) is 4.74 Å². The predicted octanol–water partition coefficient (Wildman–Crippen LogP) is 5.23. The van der Waals surface area contributed by atoms with Crippen molar-refractivity contribution in [2.75, 3.05) is 0 Å². The number of Topliss-reactive ketones (excluding diaryl/α,β-unsaturated/α-hetero) is 2. The second-order valence-electron chi connectivity index (χ2n) is 9.62. The van der Waals surface area contributed by atoms with E-state index in [-0.39, 0.29) is 64.5 Å². The Balaban J connectivity index is 1.98. The number of aromatic hydroxyl groups is 2. The average Bonchev–Trinajstić information content (AvgIpc) is 2.92. The highest BCUT2D eigenvalue weighted by atomic mass is 16.7. The summed E-state index contributed by atoms with van der Waals surface area (Å²) in [6, 6.07) is 0. The predicted molar refractivity (Wildman–Crippen MR) is 111 cm³/mol. The summed E-state index contributed by atoms with van der Waals surface area (Å²) in [5.41, 5.74) is 0.0203. The largest absolute Gasteiger partial charge is 0.507 e. The Hall–Kier alpha value is -2.08. The van der Waals surface area contributed by atoms with Crippen LogP contribution in [0.3, 0.4) is 0 Å². The van der Waals surface area contributed by atoms with E-state index >= 15 is 0 Å². The van der Waals surface area contributed by atoms with Crippen molar-refractivity contribution in [1.82, 2.24) is 0 Å². The number of benzene rings is 1. The highest BCUT2D eigenvalue weighted by Gasteiger charge is 2.62. The molecule has 164 valence electrons. The van der Waals surface area contributed by atoms with Crippen LogP contribution >= 0.6 is 0 Å². The molecular weight excluding hydrogens is 384 g/mol. The maximum atomic E-state index is 13.0. The Morgan fingerprint density at radius 2 is 1.67 bits per heavy atom. The number of phenols is 2. The standard InChI is InChI=1S/C24H32O6/c1-5-8-15(25)18-20(27)17-13-10-7-11-24(14(13)12-23(3,4)30-24)29-22(17)19(21(18)28)16(26)9-6-2/h13-14,27-28H,5-12H2,1-4H3/t13-,14-,24-/m0/s1. The lowest BCUT2D eigenvalue weighted by Crippen LogP contribution is -2.50. The monoisotopic (exact) mass is 416 g/mol. The van der Waals surface area contributed by atoms with Crippen LogP contribution in [0, 0.1) is 5.92 Å². The van der Waals surface area contributed by atoms with E-state index in [9.17, 15) is 19.8 Å². The maximum Gasteiger partial charge on any atom is 0.214 e. The van der Waals surface area contributed by atoms with Gasteiger partial charge in [-0.05, 0) is 46.0 Å². The molecule has 2 N–H and O–H groups in total. The number of carbonyl (C=O) groups is 2. The minimum Gasteiger partial charge on any atom is -0.507 e. The number of rotatable bonds is 6. The third kappa shape index (κ3) is 3.03. The summed E-state index contributed by atoms with van der Waals surface area (Å²) in [6.45, 7) is 7.81. The molecule has 3 aliphatic rings. The van der Waals surface area contributed by atoms with Gasteiger partial charge in [-0.2, -0.15) is 0 Å². The second kappa shape index (κ2) is 7.26. The van der Waals surface area contributed by atoms with Crippen LogP contribution in [0.25, 0.3) is 0 Å². The Bertz CT molecular complexity index is 902. The van der Waals surface area contributed by atoms with E-state index < -0.39 is 11.5 Å². The van der Waals surface area contributed by atoms with Crippen LogP contribution in [0.5, 0.6) is 17.2 Å². The number of hydrogen-bond donors (Lipinski definition) is 2. The lowest BCUT2D eigenvalue weighted by molar-refractivity contribution is -0.234. The van der Waals surface area contributed by atoms with Crippen molar-refractivity contribution in [3.8, 4) is 17.2 Å². The van der Waals surface area contributed by atoms with Gasteiger partial charge in [0.25, 0.3) is 0 Å². The number of ether oxygens (including phenoxy) is 2. The van der Waals surface area contributed by atoms with Gasteiger partial charge in [0.15, 0.2) is 11.6 Å². The number of hydrogen-bond acceptors (Lipinski definition) is 6. The van der Waals surface area contributed by atoms with Gasteiger partial charge in [-0.25, -0.2) is 0 Å². The van der Waals surface area contributed by atoms with E-state index in [2.05, 4.69) is 0 Å². The molecule has 3 atom stereocenters. The lowest BCUT2D eigenvalue weighted by Gasteiger charge is -2.48. The topological polar surface area (TPSA) is 93.1 Å². The van der Waals surface area contributed by atoms with Crippen LogP contribution in [0.1, 0.15) is 111 Å².